The van der Waals surface area contributed by atoms with E-state index in [0.717, 1.165) is 0 Å². The summed E-state index contributed by atoms with van der Waals surface area (Å²) in [6.07, 6.45) is 5.92. The summed E-state index contributed by atoms with van der Waals surface area (Å²) in [5.41, 5.74) is 0. The normalized spacial score (nSPS) is 14.6. The molecule has 1 rings (SSSR count). The zero-order valence-corrected chi connectivity index (χ0v) is 5.53. The molecular weight excluding hydrogens is 132 g/mol. The van der Waals surface area contributed by atoms with Crippen molar-refractivity contribution in [3.05, 3.63) is 24.4 Å². The Labute approximate surface area is 59.0 Å². The molecular formula is C6H10N2O2. The highest BCUT2D eigenvalue weighted by Gasteiger charge is 2.05. The monoisotopic (exact) mass is 142 g/mol. The fourth-order valence-corrected chi connectivity index (χ4v) is 0.609. The highest BCUT2D eigenvalue weighted by atomic mass is 16.4. The van der Waals surface area contributed by atoms with Crippen LogP contribution in [0, 0.1) is 0 Å². The third-order valence-corrected chi connectivity index (χ3v) is 1.06. The van der Waals surface area contributed by atoms with Gasteiger partial charge in [0.15, 0.2) is 0 Å². The molecule has 10 heavy (non-hydrogen) atoms. The van der Waals surface area contributed by atoms with E-state index in [4.69, 9.17) is 5.11 Å². The molecule has 0 atom stereocenters. The van der Waals surface area contributed by atoms with Gasteiger partial charge in [0.2, 0.25) is 0 Å². The van der Waals surface area contributed by atoms with E-state index in [1.165, 1.54) is 11.1 Å². The summed E-state index contributed by atoms with van der Waals surface area (Å²) in [5.74, 6) is 0. The summed E-state index contributed by atoms with van der Waals surface area (Å²) in [7, 11) is 0. The van der Waals surface area contributed by atoms with Crippen LogP contribution in [0.1, 0.15) is 0 Å². The maximum atomic E-state index is 10.2. The van der Waals surface area contributed by atoms with Crippen LogP contribution in [0.25, 0.3) is 0 Å². The standard InChI is InChI=1S/C6H7NO2.H3N/c8-6(9)7-4-2-1-3-5-7;/h1-4H,5H2,(H,8,9);1H3. The van der Waals surface area contributed by atoms with Gasteiger partial charge in [-0.2, -0.15) is 0 Å². The summed E-state index contributed by atoms with van der Waals surface area (Å²) in [5, 5.41) is 8.38. The Balaban J connectivity index is 0.000000810. The van der Waals surface area contributed by atoms with Gasteiger partial charge >= 0.3 is 6.09 Å². The van der Waals surface area contributed by atoms with E-state index in [-0.39, 0.29) is 6.15 Å². The molecule has 4 nitrogen and oxygen atoms in total. The lowest BCUT2D eigenvalue weighted by atomic mass is 10.4. The van der Waals surface area contributed by atoms with E-state index in [1.54, 1.807) is 12.2 Å². The fourth-order valence-electron chi connectivity index (χ4n) is 0.609. The zero-order valence-electron chi connectivity index (χ0n) is 5.53. The lowest BCUT2D eigenvalue weighted by Crippen LogP contribution is -2.24. The molecule has 1 amide bonds. The highest BCUT2D eigenvalue weighted by molar-refractivity contribution is 5.66. The van der Waals surface area contributed by atoms with Gasteiger partial charge in [-0.05, 0) is 6.08 Å². The maximum Gasteiger partial charge on any atom is 0.411 e. The molecule has 4 N–H and O–H groups in total. The van der Waals surface area contributed by atoms with Crippen molar-refractivity contribution in [2.45, 2.75) is 0 Å². The van der Waals surface area contributed by atoms with E-state index < -0.39 is 6.09 Å². The summed E-state index contributed by atoms with van der Waals surface area (Å²) >= 11 is 0. The van der Waals surface area contributed by atoms with Gasteiger partial charge in [-0.15, -0.1) is 0 Å². The Kier molecular flexibility index (Phi) is 3.21. The second-order valence-electron chi connectivity index (χ2n) is 1.70. The average molecular weight is 142 g/mol. The summed E-state index contributed by atoms with van der Waals surface area (Å²) in [6.45, 7) is 0.464. The second-order valence-corrected chi connectivity index (χ2v) is 1.70. The lowest BCUT2D eigenvalue weighted by Gasteiger charge is -2.12. The number of carbonyl (C=O) groups is 1. The van der Waals surface area contributed by atoms with Crippen LogP contribution >= 0.6 is 0 Å². The first-order chi connectivity index (χ1) is 4.30. The Morgan fingerprint density at radius 1 is 1.50 bits per heavy atom. The van der Waals surface area contributed by atoms with Gasteiger partial charge in [-0.25, -0.2) is 4.79 Å². The predicted molar refractivity (Wildman–Crippen MR) is 38.0 cm³/mol. The van der Waals surface area contributed by atoms with Crippen molar-refractivity contribution in [3.63, 3.8) is 0 Å². The molecule has 0 saturated heterocycles. The molecule has 0 unspecified atom stereocenters. The first kappa shape index (κ1) is 8.71. The van der Waals surface area contributed by atoms with Gasteiger partial charge in [0, 0.05) is 12.7 Å². The van der Waals surface area contributed by atoms with E-state index in [9.17, 15) is 4.79 Å². The van der Waals surface area contributed by atoms with Gasteiger partial charge in [-0.1, -0.05) is 12.2 Å². The Morgan fingerprint density at radius 3 is 2.50 bits per heavy atom. The summed E-state index contributed by atoms with van der Waals surface area (Å²) in [4.78, 5) is 11.4. The molecule has 1 heterocycles. The van der Waals surface area contributed by atoms with Crippen molar-refractivity contribution in [1.82, 2.24) is 11.1 Å². The van der Waals surface area contributed by atoms with Crippen LogP contribution in [0.3, 0.4) is 0 Å². The minimum absolute atomic E-state index is 0. The Morgan fingerprint density at radius 2 is 2.20 bits per heavy atom. The van der Waals surface area contributed by atoms with Gasteiger partial charge in [0.1, 0.15) is 0 Å². The minimum atomic E-state index is -0.907. The van der Waals surface area contributed by atoms with Crippen LogP contribution in [0.4, 0.5) is 4.79 Å². The largest absolute Gasteiger partial charge is 0.465 e. The van der Waals surface area contributed by atoms with Crippen molar-refractivity contribution in [3.8, 4) is 0 Å². The van der Waals surface area contributed by atoms with Crippen LogP contribution in [-0.4, -0.2) is 22.6 Å². The molecule has 0 aromatic carbocycles. The van der Waals surface area contributed by atoms with E-state index >= 15 is 0 Å². The molecule has 0 aliphatic carbocycles. The molecule has 56 valence electrons. The van der Waals surface area contributed by atoms with Crippen molar-refractivity contribution in [2.75, 3.05) is 6.54 Å². The molecule has 4 heteroatoms. The molecule has 1 aliphatic heterocycles. The number of rotatable bonds is 0. The number of allylic oxidation sites excluding steroid dienone is 2. The number of amides is 1. The van der Waals surface area contributed by atoms with E-state index in [1.807, 2.05) is 6.08 Å². The number of nitrogens with zero attached hydrogens (tertiary/aromatic N) is 1. The third-order valence-electron chi connectivity index (χ3n) is 1.06. The van der Waals surface area contributed by atoms with Gasteiger partial charge in [0.25, 0.3) is 0 Å². The molecule has 0 aromatic heterocycles. The van der Waals surface area contributed by atoms with Crippen molar-refractivity contribution in [1.29, 1.82) is 0 Å². The van der Waals surface area contributed by atoms with E-state index in [0.29, 0.717) is 6.54 Å². The summed E-state index contributed by atoms with van der Waals surface area (Å²) in [6, 6.07) is 0. The SMILES string of the molecule is N.O=C(O)N1C=CC=CC1. The maximum absolute atomic E-state index is 10.2. The molecule has 0 saturated carbocycles. The topological polar surface area (TPSA) is 75.5 Å². The Bertz CT molecular complexity index is 175. The highest BCUT2D eigenvalue weighted by Crippen LogP contribution is 1.97. The van der Waals surface area contributed by atoms with Crippen LogP contribution in [-0.2, 0) is 0 Å². The van der Waals surface area contributed by atoms with Gasteiger partial charge < -0.3 is 11.3 Å². The summed E-state index contributed by atoms with van der Waals surface area (Å²) < 4.78 is 0. The first-order valence-electron chi connectivity index (χ1n) is 2.63. The van der Waals surface area contributed by atoms with Crippen LogP contribution in [0.5, 0.6) is 0 Å². The second kappa shape index (κ2) is 3.68. The quantitative estimate of drug-likeness (QED) is 0.533. The number of carboxylic acid groups (broad SMARTS) is 1. The fraction of sp³-hybridized carbons (Fsp3) is 0.167. The van der Waals surface area contributed by atoms with E-state index in [2.05, 4.69) is 0 Å². The molecule has 0 bridgehead atoms. The van der Waals surface area contributed by atoms with Crippen molar-refractivity contribution < 1.29 is 9.90 Å². The number of hydrogen-bond acceptors (Lipinski definition) is 2. The van der Waals surface area contributed by atoms with Gasteiger partial charge in [0.05, 0.1) is 0 Å². The third kappa shape index (κ3) is 1.91. The minimum Gasteiger partial charge on any atom is -0.465 e. The predicted octanol–water partition coefficient (Wildman–Crippen LogP) is 1.21. The molecule has 0 radical (unpaired) electrons. The molecule has 0 aromatic rings. The smallest absolute Gasteiger partial charge is 0.411 e. The van der Waals surface area contributed by atoms with Crippen molar-refractivity contribution >= 4 is 6.09 Å². The lowest BCUT2D eigenvalue weighted by molar-refractivity contribution is 0.166. The molecule has 0 spiro atoms. The first-order valence-corrected chi connectivity index (χ1v) is 2.63. The van der Waals surface area contributed by atoms with Crippen molar-refractivity contribution in [2.24, 2.45) is 0 Å². The average Bonchev–Trinajstić information content (AvgIpc) is 1.90. The van der Waals surface area contributed by atoms with Crippen LogP contribution < -0.4 is 6.15 Å². The van der Waals surface area contributed by atoms with Gasteiger partial charge in [-0.3, -0.25) is 4.90 Å². The zero-order chi connectivity index (χ0) is 6.69. The van der Waals surface area contributed by atoms with Crippen LogP contribution in [0.2, 0.25) is 0 Å². The van der Waals surface area contributed by atoms with Crippen LogP contribution in [0.15, 0.2) is 24.4 Å². The molecule has 1 aliphatic rings. The molecule has 0 fully saturated rings. The number of hydrogen-bond donors (Lipinski definition) is 2. The Hall–Kier alpha value is -1.29.